The minimum absolute atomic E-state index is 0.193. The number of rotatable bonds is 1. The summed E-state index contributed by atoms with van der Waals surface area (Å²) in [4.78, 5) is 11.2. The van der Waals surface area contributed by atoms with Gasteiger partial charge >= 0.3 is 5.97 Å². The van der Waals surface area contributed by atoms with Crippen LogP contribution >= 0.6 is 15.9 Å². The van der Waals surface area contributed by atoms with Crippen LogP contribution in [0.15, 0.2) is 22.7 Å². The van der Waals surface area contributed by atoms with Crippen molar-refractivity contribution < 1.29 is 9.90 Å². The van der Waals surface area contributed by atoms with Crippen LogP contribution in [-0.4, -0.2) is 11.1 Å². The van der Waals surface area contributed by atoms with Crippen LogP contribution in [0.4, 0.5) is 0 Å². The van der Waals surface area contributed by atoms with Gasteiger partial charge in [-0.05, 0) is 41.9 Å². The zero-order chi connectivity index (χ0) is 10.6. The van der Waals surface area contributed by atoms with Crippen LogP contribution in [0.25, 0.3) is 0 Å². The van der Waals surface area contributed by atoms with Crippen molar-refractivity contribution in [3.05, 3.63) is 33.8 Å². The van der Waals surface area contributed by atoms with Gasteiger partial charge in [-0.2, -0.15) is 0 Å². The fraction of sp³-hybridized carbons (Fsp3) is 0.417. The Labute approximate surface area is 96.4 Å². The highest BCUT2D eigenvalue weighted by molar-refractivity contribution is 9.10. The zero-order valence-corrected chi connectivity index (χ0v) is 9.75. The van der Waals surface area contributed by atoms with Crippen LogP contribution in [0.3, 0.4) is 0 Å². The first kappa shape index (κ1) is 9.40. The number of carbonyl (C=O) groups is 1. The summed E-state index contributed by atoms with van der Waals surface area (Å²) in [5, 5.41) is 9.20. The predicted octanol–water partition coefficient (Wildman–Crippen LogP) is 3.05. The van der Waals surface area contributed by atoms with Gasteiger partial charge in [0.05, 0.1) is 5.92 Å². The largest absolute Gasteiger partial charge is 0.481 e. The Bertz CT molecular complexity index is 449. The third-order valence-corrected chi connectivity index (χ3v) is 4.36. The van der Waals surface area contributed by atoms with Gasteiger partial charge in [-0.25, -0.2) is 0 Å². The second-order valence-electron chi connectivity index (χ2n) is 4.58. The highest BCUT2D eigenvalue weighted by Gasteiger charge is 2.54. The number of hydrogen-bond donors (Lipinski definition) is 1. The van der Waals surface area contributed by atoms with Gasteiger partial charge in [0.25, 0.3) is 0 Å². The lowest BCUT2D eigenvalue weighted by atomic mass is 9.98. The molecule has 0 bridgehead atoms. The predicted molar refractivity (Wildman–Crippen MR) is 60.0 cm³/mol. The first-order valence-corrected chi connectivity index (χ1v) is 5.95. The van der Waals surface area contributed by atoms with Crippen molar-refractivity contribution >= 4 is 21.9 Å². The van der Waals surface area contributed by atoms with Crippen LogP contribution in [0.5, 0.6) is 0 Å². The van der Waals surface area contributed by atoms with E-state index in [1.165, 1.54) is 5.56 Å². The molecule has 1 saturated carbocycles. The van der Waals surface area contributed by atoms with E-state index in [2.05, 4.69) is 15.9 Å². The third-order valence-electron chi connectivity index (χ3n) is 3.70. The highest BCUT2D eigenvalue weighted by Crippen LogP contribution is 2.62. The van der Waals surface area contributed by atoms with E-state index in [1.54, 1.807) is 0 Å². The number of benzene rings is 1. The summed E-state index contributed by atoms with van der Waals surface area (Å²) in [7, 11) is 0. The standard InChI is InChI=1S/C12H11BrO2/c13-9-3-1-2-7-8(11(14)15)6-12(4-5-12)10(7)9/h1-3,8H,4-6H2,(H,14,15). The molecule has 0 heterocycles. The average Bonchev–Trinajstić information content (AvgIpc) is 2.84. The molecule has 1 N–H and O–H groups in total. The van der Waals surface area contributed by atoms with Gasteiger partial charge < -0.3 is 5.11 Å². The molecule has 2 aliphatic rings. The van der Waals surface area contributed by atoms with Gasteiger partial charge in [0, 0.05) is 4.47 Å². The average molecular weight is 267 g/mol. The maximum absolute atomic E-state index is 11.2. The van der Waals surface area contributed by atoms with E-state index >= 15 is 0 Å². The van der Waals surface area contributed by atoms with Crippen LogP contribution < -0.4 is 0 Å². The van der Waals surface area contributed by atoms with Gasteiger partial charge in [0.1, 0.15) is 0 Å². The Kier molecular flexibility index (Phi) is 1.78. The maximum Gasteiger partial charge on any atom is 0.311 e. The molecule has 78 valence electrons. The van der Waals surface area contributed by atoms with Gasteiger partial charge in [-0.1, -0.05) is 28.1 Å². The molecule has 1 unspecified atom stereocenters. The van der Waals surface area contributed by atoms with Crippen molar-refractivity contribution in [2.45, 2.75) is 30.6 Å². The molecule has 0 saturated heterocycles. The lowest BCUT2D eigenvalue weighted by molar-refractivity contribution is -0.138. The summed E-state index contributed by atoms with van der Waals surface area (Å²) >= 11 is 3.55. The molecule has 3 rings (SSSR count). The topological polar surface area (TPSA) is 37.3 Å². The number of carboxylic acid groups (broad SMARTS) is 1. The molecule has 1 aromatic carbocycles. The number of halogens is 1. The van der Waals surface area contributed by atoms with Crippen molar-refractivity contribution in [3.8, 4) is 0 Å². The minimum atomic E-state index is -0.682. The number of fused-ring (bicyclic) bond motifs is 2. The molecule has 0 aliphatic heterocycles. The zero-order valence-electron chi connectivity index (χ0n) is 8.16. The second-order valence-corrected chi connectivity index (χ2v) is 5.43. The van der Waals surface area contributed by atoms with Gasteiger partial charge in [0.15, 0.2) is 0 Å². The molecule has 0 amide bonds. The Morgan fingerprint density at radius 1 is 1.47 bits per heavy atom. The van der Waals surface area contributed by atoms with E-state index in [-0.39, 0.29) is 11.3 Å². The SMILES string of the molecule is O=C(O)C1CC2(CC2)c2c(Br)cccc21. The summed E-state index contributed by atoms with van der Waals surface area (Å²) in [6, 6.07) is 5.91. The molecular weight excluding hydrogens is 256 g/mol. The molecule has 3 heteroatoms. The Hall–Kier alpha value is -0.830. The van der Waals surface area contributed by atoms with Crippen molar-refractivity contribution in [1.29, 1.82) is 0 Å². The van der Waals surface area contributed by atoms with Crippen molar-refractivity contribution in [2.24, 2.45) is 0 Å². The Morgan fingerprint density at radius 3 is 2.80 bits per heavy atom. The molecule has 1 fully saturated rings. The first-order chi connectivity index (χ1) is 7.14. The molecule has 15 heavy (non-hydrogen) atoms. The maximum atomic E-state index is 11.2. The molecule has 2 aliphatic carbocycles. The quantitative estimate of drug-likeness (QED) is 0.849. The summed E-state index contributed by atoms with van der Waals surface area (Å²) < 4.78 is 1.08. The lowest BCUT2D eigenvalue weighted by Crippen LogP contribution is -2.09. The van der Waals surface area contributed by atoms with Crippen LogP contribution in [0.1, 0.15) is 36.3 Å². The van der Waals surface area contributed by atoms with Crippen LogP contribution in [0.2, 0.25) is 0 Å². The number of carboxylic acids is 1. The fourth-order valence-electron chi connectivity index (χ4n) is 2.82. The van der Waals surface area contributed by atoms with Crippen molar-refractivity contribution in [2.75, 3.05) is 0 Å². The molecule has 0 aromatic heterocycles. The fourth-order valence-corrected chi connectivity index (χ4v) is 3.62. The lowest BCUT2D eigenvalue weighted by Gasteiger charge is -2.09. The molecule has 1 atom stereocenters. The van der Waals surface area contributed by atoms with Gasteiger partial charge in [0.2, 0.25) is 0 Å². The smallest absolute Gasteiger partial charge is 0.311 e. The van der Waals surface area contributed by atoms with Gasteiger partial charge in [-0.15, -0.1) is 0 Å². The molecule has 0 radical (unpaired) electrons. The van der Waals surface area contributed by atoms with E-state index in [0.717, 1.165) is 29.3 Å². The Morgan fingerprint density at radius 2 is 2.20 bits per heavy atom. The highest BCUT2D eigenvalue weighted by atomic mass is 79.9. The summed E-state index contributed by atoms with van der Waals surface area (Å²) in [6.45, 7) is 0. The molecule has 1 spiro atoms. The number of aliphatic carboxylic acids is 1. The van der Waals surface area contributed by atoms with E-state index in [9.17, 15) is 9.90 Å². The third kappa shape index (κ3) is 1.19. The van der Waals surface area contributed by atoms with Crippen LogP contribution in [0, 0.1) is 0 Å². The molecule has 1 aromatic rings. The van der Waals surface area contributed by atoms with E-state index in [4.69, 9.17) is 0 Å². The first-order valence-electron chi connectivity index (χ1n) is 5.16. The second kappa shape index (κ2) is 2.85. The van der Waals surface area contributed by atoms with E-state index in [1.807, 2.05) is 18.2 Å². The molecular formula is C12H11BrO2. The van der Waals surface area contributed by atoms with Crippen LogP contribution in [-0.2, 0) is 10.2 Å². The van der Waals surface area contributed by atoms with Crippen molar-refractivity contribution in [3.63, 3.8) is 0 Å². The Balaban J connectivity index is 2.20. The normalized spacial score (nSPS) is 25.3. The molecule has 2 nitrogen and oxygen atoms in total. The summed E-state index contributed by atoms with van der Waals surface area (Å²) in [5.74, 6) is -0.974. The van der Waals surface area contributed by atoms with E-state index < -0.39 is 5.97 Å². The minimum Gasteiger partial charge on any atom is -0.481 e. The number of hydrogen-bond acceptors (Lipinski definition) is 1. The van der Waals surface area contributed by atoms with E-state index in [0.29, 0.717) is 0 Å². The van der Waals surface area contributed by atoms with Crippen molar-refractivity contribution in [1.82, 2.24) is 0 Å². The van der Waals surface area contributed by atoms with Gasteiger partial charge in [-0.3, -0.25) is 4.79 Å². The summed E-state index contributed by atoms with van der Waals surface area (Å²) in [6.07, 6.45) is 3.08. The summed E-state index contributed by atoms with van der Waals surface area (Å²) in [5.41, 5.74) is 2.48. The monoisotopic (exact) mass is 266 g/mol.